The maximum absolute atomic E-state index is 11.0. The van der Waals surface area contributed by atoms with Gasteiger partial charge in [-0.25, -0.2) is 0 Å². The Bertz CT molecular complexity index is 639. The van der Waals surface area contributed by atoms with E-state index in [9.17, 15) is 4.79 Å². The highest BCUT2D eigenvalue weighted by Crippen LogP contribution is 2.45. The summed E-state index contributed by atoms with van der Waals surface area (Å²) in [5.74, 6) is -0.970. The van der Waals surface area contributed by atoms with Crippen LogP contribution in [0.5, 0.6) is 0 Å². The highest BCUT2D eigenvalue weighted by Gasteiger charge is 2.31. The summed E-state index contributed by atoms with van der Waals surface area (Å²) in [6.07, 6.45) is 1.78. The van der Waals surface area contributed by atoms with Gasteiger partial charge in [-0.1, -0.05) is 23.7 Å². The first-order valence-corrected chi connectivity index (χ1v) is 6.01. The molecule has 3 nitrogen and oxygen atoms in total. The van der Waals surface area contributed by atoms with Crippen molar-refractivity contribution in [3.05, 3.63) is 52.7 Å². The maximum Gasteiger partial charge on any atom is 0.304 e. The summed E-state index contributed by atoms with van der Waals surface area (Å²) in [5.41, 5.74) is 3.78. The van der Waals surface area contributed by atoms with Crippen molar-refractivity contribution in [3.63, 3.8) is 0 Å². The van der Waals surface area contributed by atoms with Crippen molar-refractivity contribution in [2.24, 2.45) is 0 Å². The molecule has 4 heteroatoms. The van der Waals surface area contributed by atoms with Gasteiger partial charge in [-0.2, -0.15) is 0 Å². The number of benzene rings is 1. The van der Waals surface area contributed by atoms with E-state index in [1.165, 1.54) is 0 Å². The fourth-order valence-electron chi connectivity index (χ4n) is 2.52. The molecular weight excluding hydrogens is 250 g/mol. The molecule has 1 aromatic carbocycles. The highest BCUT2D eigenvalue weighted by atomic mass is 35.5. The van der Waals surface area contributed by atoms with Crippen LogP contribution in [0.4, 0.5) is 0 Å². The molecule has 1 aromatic heterocycles. The minimum absolute atomic E-state index is 0.0615. The van der Waals surface area contributed by atoms with E-state index in [2.05, 4.69) is 4.98 Å². The summed E-state index contributed by atoms with van der Waals surface area (Å²) < 4.78 is 0. The van der Waals surface area contributed by atoms with Gasteiger partial charge in [-0.3, -0.25) is 9.78 Å². The van der Waals surface area contributed by atoms with Crippen LogP contribution in [0.1, 0.15) is 23.5 Å². The molecule has 0 fully saturated rings. The second kappa shape index (κ2) is 4.10. The number of pyridine rings is 1. The molecule has 0 saturated carbocycles. The van der Waals surface area contributed by atoms with Crippen LogP contribution in [-0.2, 0) is 4.79 Å². The van der Waals surface area contributed by atoms with Gasteiger partial charge in [0, 0.05) is 22.7 Å². The van der Waals surface area contributed by atoms with E-state index in [0.29, 0.717) is 5.02 Å². The maximum atomic E-state index is 11.0. The van der Waals surface area contributed by atoms with Crippen LogP contribution in [0, 0.1) is 0 Å². The number of halogens is 1. The summed E-state index contributed by atoms with van der Waals surface area (Å²) in [7, 11) is 0. The molecule has 0 amide bonds. The van der Waals surface area contributed by atoms with E-state index in [-0.39, 0.29) is 12.3 Å². The molecule has 1 atom stereocenters. The van der Waals surface area contributed by atoms with Crippen LogP contribution in [0.2, 0.25) is 5.02 Å². The first kappa shape index (κ1) is 11.2. The second-order valence-electron chi connectivity index (χ2n) is 4.32. The molecule has 0 aliphatic heterocycles. The van der Waals surface area contributed by atoms with Crippen LogP contribution in [-0.4, -0.2) is 16.1 Å². The summed E-state index contributed by atoms with van der Waals surface area (Å²) in [5, 5.41) is 9.66. The zero-order valence-corrected chi connectivity index (χ0v) is 10.2. The van der Waals surface area contributed by atoms with Crippen molar-refractivity contribution in [3.8, 4) is 11.3 Å². The van der Waals surface area contributed by atoms with Crippen molar-refractivity contribution >= 4 is 17.6 Å². The lowest BCUT2D eigenvalue weighted by Crippen LogP contribution is -2.05. The summed E-state index contributed by atoms with van der Waals surface area (Å²) in [4.78, 5) is 15.4. The predicted molar refractivity (Wildman–Crippen MR) is 68.8 cm³/mol. The molecule has 1 N–H and O–H groups in total. The van der Waals surface area contributed by atoms with Crippen LogP contribution in [0.25, 0.3) is 11.3 Å². The molecule has 1 unspecified atom stereocenters. The zero-order valence-electron chi connectivity index (χ0n) is 9.43. The number of rotatable bonds is 2. The number of hydrogen-bond acceptors (Lipinski definition) is 2. The quantitative estimate of drug-likeness (QED) is 0.900. The van der Waals surface area contributed by atoms with Crippen LogP contribution in [0.15, 0.2) is 36.5 Å². The first-order valence-electron chi connectivity index (χ1n) is 5.63. The Morgan fingerprint density at radius 3 is 2.94 bits per heavy atom. The van der Waals surface area contributed by atoms with Gasteiger partial charge in [0.25, 0.3) is 0 Å². The summed E-state index contributed by atoms with van der Waals surface area (Å²) >= 11 is 6.00. The third-order valence-electron chi connectivity index (χ3n) is 3.24. The van der Waals surface area contributed by atoms with Gasteiger partial charge in [0.05, 0.1) is 12.1 Å². The molecule has 2 aromatic rings. The number of nitrogens with zero attached hydrogens (tertiary/aromatic N) is 1. The predicted octanol–water partition coefficient (Wildman–Crippen LogP) is 3.32. The summed E-state index contributed by atoms with van der Waals surface area (Å²) in [6, 6.07) is 9.32. The highest BCUT2D eigenvalue weighted by molar-refractivity contribution is 6.30. The first-order chi connectivity index (χ1) is 8.66. The van der Waals surface area contributed by atoms with E-state index in [0.717, 1.165) is 22.4 Å². The van der Waals surface area contributed by atoms with Gasteiger partial charge in [-0.05, 0) is 29.3 Å². The molecule has 1 aliphatic carbocycles. The monoisotopic (exact) mass is 259 g/mol. The average molecular weight is 260 g/mol. The number of carbonyl (C=O) groups is 1. The van der Waals surface area contributed by atoms with E-state index >= 15 is 0 Å². The Kier molecular flexibility index (Phi) is 2.56. The Labute approximate surface area is 109 Å². The minimum atomic E-state index is -0.817. The molecule has 90 valence electrons. The fraction of sp³-hybridized carbons (Fsp3) is 0.143. The molecule has 0 saturated heterocycles. The lowest BCUT2D eigenvalue weighted by Gasteiger charge is -2.10. The van der Waals surface area contributed by atoms with Crippen molar-refractivity contribution in [2.45, 2.75) is 12.3 Å². The number of hydrogen-bond donors (Lipinski definition) is 1. The minimum Gasteiger partial charge on any atom is -0.481 e. The third-order valence-corrected chi connectivity index (χ3v) is 3.47. The second-order valence-corrected chi connectivity index (χ2v) is 4.76. The van der Waals surface area contributed by atoms with Crippen LogP contribution >= 0.6 is 11.6 Å². The van der Waals surface area contributed by atoms with E-state index in [1.807, 2.05) is 30.3 Å². The normalized spacial score (nSPS) is 16.2. The standard InChI is InChI=1S/C14H10ClNO2/c15-8-3-4-10-11(6-8)12(7-13(17)18)9-2-1-5-16-14(9)10/h1-6,12H,7H2,(H,17,18). The molecular formula is C14H10ClNO2. The van der Waals surface area contributed by atoms with Crippen molar-refractivity contribution < 1.29 is 9.90 Å². The van der Waals surface area contributed by atoms with Crippen molar-refractivity contribution in [1.29, 1.82) is 0 Å². The molecule has 1 heterocycles. The number of carboxylic acid groups (broad SMARTS) is 1. The molecule has 0 bridgehead atoms. The van der Waals surface area contributed by atoms with Gasteiger partial charge in [0.1, 0.15) is 0 Å². The van der Waals surface area contributed by atoms with Gasteiger partial charge in [0.2, 0.25) is 0 Å². The fourth-order valence-corrected chi connectivity index (χ4v) is 2.70. The van der Waals surface area contributed by atoms with Gasteiger partial charge in [-0.15, -0.1) is 0 Å². The Balaban J connectivity index is 2.21. The van der Waals surface area contributed by atoms with Crippen molar-refractivity contribution in [2.75, 3.05) is 0 Å². The number of fused-ring (bicyclic) bond motifs is 3. The van der Waals surface area contributed by atoms with E-state index < -0.39 is 5.97 Å². The van der Waals surface area contributed by atoms with Gasteiger partial charge >= 0.3 is 5.97 Å². The summed E-state index contributed by atoms with van der Waals surface area (Å²) in [6.45, 7) is 0. The average Bonchev–Trinajstić information content (AvgIpc) is 2.63. The Hall–Kier alpha value is -1.87. The Morgan fingerprint density at radius 2 is 2.17 bits per heavy atom. The molecule has 0 radical (unpaired) electrons. The van der Waals surface area contributed by atoms with E-state index in [4.69, 9.17) is 16.7 Å². The molecule has 3 rings (SSSR count). The third kappa shape index (κ3) is 1.68. The van der Waals surface area contributed by atoms with Crippen LogP contribution < -0.4 is 0 Å². The number of carboxylic acids is 1. The van der Waals surface area contributed by atoms with Crippen LogP contribution in [0.3, 0.4) is 0 Å². The van der Waals surface area contributed by atoms with E-state index in [1.54, 1.807) is 6.20 Å². The number of aliphatic carboxylic acids is 1. The molecule has 1 aliphatic rings. The zero-order chi connectivity index (χ0) is 12.7. The lowest BCUT2D eigenvalue weighted by molar-refractivity contribution is -0.137. The van der Waals surface area contributed by atoms with Crippen molar-refractivity contribution in [1.82, 2.24) is 4.98 Å². The van der Waals surface area contributed by atoms with Gasteiger partial charge in [0.15, 0.2) is 0 Å². The molecule has 18 heavy (non-hydrogen) atoms. The molecule has 0 spiro atoms. The number of aromatic nitrogens is 1. The smallest absolute Gasteiger partial charge is 0.304 e. The Morgan fingerprint density at radius 1 is 1.33 bits per heavy atom. The largest absolute Gasteiger partial charge is 0.481 e. The lowest BCUT2D eigenvalue weighted by atomic mass is 9.94. The topological polar surface area (TPSA) is 50.2 Å². The SMILES string of the molecule is O=C(O)CC1c2cc(Cl)ccc2-c2ncccc21. The van der Waals surface area contributed by atoms with Gasteiger partial charge < -0.3 is 5.11 Å².